The number of hydrogen-bond acceptors (Lipinski definition) is 4. The molecule has 0 aromatic carbocycles. The maximum Gasteiger partial charge on any atom is 0.326 e. The van der Waals surface area contributed by atoms with Crippen LogP contribution in [0.5, 0.6) is 0 Å². The van der Waals surface area contributed by atoms with Gasteiger partial charge in [-0.15, -0.1) is 0 Å². The van der Waals surface area contributed by atoms with Gasteiger partial charge < -0.3 is 20.5 Å². The average Bonchev–Trinajstić information content (AvgIpc) is 2.44. The molecule has 7 heteroatoms. The number of rotatable bonds is 7. The van der Waals surface area contributed by atoms with Gasteiger partial charge in [0.1, 0.15) is 12.1 Å². The first-order valence-corrected chi connectivity index (χ1v) is 7.31. The summed E-state index contributed by atoms with van der Waals surface area (Å²) in [7, 11) is 0. The molecule has 0 radical (unpaired) electrons. The van der Waals surface area contributed by atoms with Gasteiger partial charge in [-0.05, 0) is 31.6 Å². The zero-order valence-corrected chi connectivity index (χ0v) is 12.6. The highest BCUT2D eigenvalue weighted by Gasteiger charge is 2.24. The molecule has 1 aliphatic heterocycles. The van der Waals surface area contributed by atoms with Gasteiger partial charge in [-0.1, -0.05) is 13.8 Å². The van der Waals surface area contributed by atoms with Gasteiger partial charge in [0.25, 0.3) is 0 Å². The third kappa shape index (κ3) is 6.57. The van der Waals surface area contributed by atoms with Gasteiger partial charge in [0.2, 0.25) is 11.8 Å². The minimum Gasteiger partial charge on any atom is -0.480 e. The number of amides is 2. The lowest BCUT2D eigenvalue weighted by atomic mass is 10.0. The fraction of sp³-hybridized carbons (Fsp3) is 0.786. The van der Waals surface area contributed by atoms with Crippen molar-refractivity contribution >= 4 is 17.8 Å². The third-order valence-corrected chi connectivity index (χ3v) is 3.24. The summed E-state index contributed by atoms with van der Waals surface area (Å²) in [6.07, 6.45) is 2.37. The minimum absolute atomic E-state index is 0.150. The van der Waals surface area contributed by atoms with Crippen LogP contribution in [0.15, 0.2) is 0 Å². The molecule has 1 saturated heterocycles. The van der Waals surface area contributed by atoms with Crippen molar-refractivity contribution in [1.82, 2.24) is 10.6 Å². The Kier molecular flexibility index (Phi) is 7.14. The van der Waals surface area contributed by atoms with Gasteiger partial charge in [-0.25, -0.2) is 4.79 Å². The quantitative estimate of drug-likeness (QED) is 0.626. The number of carbonyl (C=O) groups excluding carboxylic acids is 2. The van der Waals surface area contributed by atoms with Crippen LogP contribution in [0.1, 0.15) is 39.5 Å². The molecule has 1 aliphatic rings. The van der Waals surface area contributed by atoms with Crippen LogP contribution in [-0.2, 0) is 19.1 Å². The topological polar surface area (TPSA) is 105 Å². The summed E-state index contributed by atoms with van der Waals surface area (Å²) in [5.41, 5.74) is 0. The molecule has 0 aromatic rings. The van der Waals surface area contributed by atoms with Crippen LogP contribution in [0.2, 0.25) is 0 Å². The third-order valence-electron chi connectivity index (χ3n) is 3.24. The minimum atomic E-state index is -1.07. The van der Waals surface area contributed by atoms with E-state index >= 15 is 0 Å². The molecule has 0 bridgehead atoms. The Labute approximate surface area is 124 Å². The molecule has 0 aliphatic carbocycles. The van der Waals surface area contributed by atoms with E-state index in [9.17, 15) is 14.4 Å². The van der Waals surface area contributed by atoms with Crippen LogP contribution in [-0.4, -0.2) is 48.2 Å². The molecule has 1 fully saturated rings. The Hall–Kier alpha value is -1.63. The monoisotopic (exact) mass is 300 g/mol. The van der Waals surface area contributed by atoms with Crippen LogP contribution in [0.3, 0.4) is 0 Å². The molecule has 3 N–H and O–H groups in total. The van der Waals surface area contributed by atoms with Crippen molar-refractivity contribution in [3.8, 4) is 0 Å². The van der Waals surface area contributed by atoms with E-state index in [1.807, 2.05) is 13.8 Å². The van der Waals surface area contributed by atoms with Crippen molar-refractivity contribution in [2.24, 2.45) is 5.92 Å². The van der Waals surface area contributed by atoms with Crippen LogP contribution >= 0.6 is 0 Å². The van der Waals surface area contributed by atoms with E-state index in [4.69, 9.17) is 9.84 Å². The van der Waals surface area contributed by atoms with Gasteiger partial charge in [0, 0.05) is 6.61 Å². The van der Waals surface area contributed by atoms with Gasteiger partial charge >= 0.3 is 5.97 Å². The second-order valence-electron chi connectivity index (χ2n) is 5.66. The van der Waals surface area contributed by atoms with Crippen molar-refractivity contribution in [1.29, 1.82) is 0 Å². The van der Waals surface area contributed by atoms with Crippen molar-refractivity contribution < 1.29 is 24.2 Å². The summed E-state index contributed by atoms with van der Waals surface area (Å²) in [4.78, 5) is 34.5. The van der Waals surface area contributed by atoms with E-state index in [0.29, 0.717) is 19.4 Å². The summed E-state index contributed by atoms with van der Waals surface area (Å²) >= 11 is 0. The average molecular weight is 300 g/mol. The largest absolute Gasteiger partial charge is 0.480 e. The lowest BCUT2D eigenvalue weighted by Gasteiger charge is -2.22. The molecular weight excluding hydrogens is 276 g/mol. The fourth-order valence-electron chi connectivity index (χ4n) is 2.17. The fourth-order valence-corrected chi connectivity index (χ4v) is 2.17. The maximum atomic E-state index is 11.8. The molecule has 0 spiro atoms. The second kappa shape index (κ2) is 8.61. The first kappa shape index (κ1) is 17.4. The molecule has 2 amide bonds. The number of nitrogens with one attached hydrogen (secondary N) is 2. The van der Waals surface area contributed by atoms with Crippen molar-refractivity contribution in [3.05, 3.63) is 0 Å². The second-order valence-corrected chi connectivity index (χ2v) is 5.66. The lowest BCUT2D eigenvalue weighted by molar-refractivity contribution is -0.142. The van der Waals surface area contributed by atoms with E-state index in [2.05, 4.69) is 10.6 Å². The predicted octanol–water partition coefficient (Wildman–Crippen LogP) is 0.287. The SMILES string of the molecule is CC(C)C[C@H](NC(=O)CNC(=O)C1CCCCO1)C(=O)O. The zero-order valence-electron chi connectivity index (χ0n) is 12.6. The van der Waals surface area contributed by atoms with Gasteiger partial charge in [0.15, 0.2) is 0 Å². The smallest absolute Gasteiger partial charge is 0.326 e. The van der Waals surface area contributed by atoms with Gasteiger partial charge in [0.05, 0.1) is 6.54 Å². The van der Waals surface area contributed by atoms with Crippen molar-refractivity contribution in [3.63, 3.8) is 0 Å². The number of carboxylic acids is 1. The van der Waals surface area contributed by atoms with E-state index < -0.39 is 24.0 Å². The summed E-state index contributed by atoms with van der Waals surface area (Å²) in [5, 5.41) is 13.9. The Morgan fingerprint density at radius 2 is 2.00 bits per heavy atom. The zero-order chi connectivity index (χ0) is 15.8. The van der Waals surface area contributed by atoms with E-state index in [1.54, 1.807) is 0 Å². The molecular formula is C14H24N2O5. The van der Waals surface area contributed by atoms with Crippen LogP contribution < -0.4 is 10.6 Å². The number of aliphatic carboxylic acids is 1. The molecule has 1 rings (SSSR count). The Bertz CT molecular complexity index is 378. The highest BCUT2D eigenvalue weighted by Crippen LogP contribution is 2.12. The normalized spacial score (nSPS) is 19.9. The Morgan fingerprint density at radius 1 is 1.29 bits per heavy atom. The predicted molar refractivity (Wildman–Crippen MR) is 75.6 cm³/mol. The van der Waals surface area contributed by atoms with E-state index in [-0.39, 0.29) is 18.4 Å². The number of carboxylic acid groups (broad SMARTS) is 1. The molecule has 0 saturated carbocycles. The van der Waals surface area contributed by atoms with Crippen LogP contribution in [0, 0.1) is 5.92 Å². The van der Waals surface area contributed by atoms with Gasteiger partial charge in [-0.3, -0.25) is 9.59 Å². The van der Waals surface area contributed by atoms with Crippen LogP contribution in [0.4, 0.5) is 0 Å². The highest BCUT2D eigenvalue weighted by molar-refractivity contribution is 5.89. The molecule has 21 heavy (non-hydrogen) atoms. The Morgan fingerprint density at radius 3 is 2.52 bits per heavy atom. The van der Waals surface area contributed by atoms with Crippen molar-refractivity contribution in [2.45, 2.75) is 51.7 Å². The Balaban J connectivity index is 2.34. The number of ether oxygens (including phenoxy) is 1. The number of carbonyl (C=O) groups is 3. The summed E-state index contributed by atoms with van der Waals surface area (Å²) in [6, 6.07) is -0.930. The molecule has 120 valence electrons. The van der Waals surface area contributed by atoms with Gasteiger partial charge in [-0.2, -0.15) is 0 Å². The summed E-state index contributed by atoms with van der Waals surface area (Å²) in [6.45, 7) is 4.08. The lowest BCUT2D eigenvalue weighted by Crippen LogP contribution is -2.48. The molecule has 2 atom stereocenters. The highest BCUT2D eigenvalue weighted by atomic mass is 16.5. The molecule has 0 aromatic heterocycles. The van der Waals surface area contributed by atoms with Crippen LogP contribution in [0.25, 0.3) is 0 Å². The molecule has 1 heterocycles. The first-order valence-electron chi connectivity index (χ1n) is 7.31. The maximum absolute atomic E-state index is 11.8. The first-order chi connectivity index (χ1) is 9.90. The molecule has 1 unspecified atom stereocenters. The summed E-state index contributed by atoms with van der Waals surface area (Å²) in [5.74, 6) is -1.75. The number of hydrogen-bond donors (Lipinski definition) is 3. The van der Waals surface area contributed by atoms with Crippen molar-refractivity contribution in [2.75, 3.05) is 13.2 Å². The summed E-state index contributed by atoms with van der Waals surface area (Å²) < 4.78 is 5.31. The standard InChI is InChI=1S/C14H24N2O5/c1-9(2)7-10(14(19)20)16-12(17)8-15-13(18)11-5-3-4-6-21-11/h9-11H,3-8H2,1-2H3,(H,15,18)(H,16,17)(H,19,20)/t10-,11?/m0/s1. The molecule has 7 nitrogen and oxygen atoms in total. The van der Waals surface area contributed by atoms with E-state index in [0.717, 1.165) is 12.8 Å². The van der Waals surface area contributed by atoms with E-state index in [1.165, 1.54) is 0 Å².